The van der Waals surface area contributed by atoms with Crippen molar-refractivity contribution in [2.24, 2.45) is 0 Å². The Morgan fingerprint density at radius 2 is 0.941 bits per heavy atom. The summed E-state index contributed by atoms with van der Waals surface area (Å²) in [5.74, 6) is -7.08. The van der Waals surface area contributed by atoms with Crippen molar-refractivity contribution in [3.8, 4) is 0 Å². The molecule has 17 heavy (non-hydrogen) atoms. The number of alkyl halides is 6. The summed E-state index contributed by atoms with van der Waals surface area (Å²) in [4.78, 5) is 0. The standard InChI is InChI=1S/C3H2F6O6S2/c4-1(5,2(6,7)8)3(9,16(10,11)12)17(13,14)15/h(H,10,11,12)(H,13,14,15). The highest BCUT2D eigenvalue weighted by Gasteiger charge is 2.83. The third-order valence-corrected chi connectivity index (χ3v) is 4.50. The van der Waals surface area contributed by atoms with Crippen LogP contribution in [0.2, 0.25) is 0 Å². The second kappa shape index (κ2) is 3.69. The first-order valence-electron chi connectivity index (χ1n) is 3.07. The predicted molar refractivity (Wildman–Crippen MR) is 37.9 cm³/mol. The van der Waals surface area contributed by atoms with Crippen LogP contribution in [0.5, 0.6) is 0 Å². The van der Waals surface area contributed by atoms with E-state index in [2.05, 4.69) is 0 Å². The third-order valence-electron chi connectivity index (χ3n) is 1.39. The van der Waals surface area contributed by atoms with E-state index >= 15 is 0 Å². The van der Waals surface area contributed by atoms with Gasteiger partial charge in [0.15, 0.2) is 0 Å². The number of halogens is 6. The van der Waals surface area contributed by atoms with Gasteiger partial charge in [-0.15, -0.1) is 0 Å². The van der Waals surface area contributed by atoms with Crippen molar-refractivity contribution in [2.45, 2.75) is 16.4 Å². The topological polar surface area (TPSA) is 109 Å². The minimum atomic E-state index is -7.14. The maximum absolute atomic E-state index is 12.9. The van der Waals surface area contributed by atoms with E-state index in [0.29, 0.717) is 0 Å². The molecular formula is C3H2F6O6S2. The van der Waals surface area contributed by atoms with Gasteiger partial charge in [0.2, 0.25) is 0 Å². The Labute approximate surface area is 89.7 Å². The van der Waals surface area contributed by atoms with Gasteiger partial charge in [0.1, 0.15) is 0 Å². The van der Waals surface area contributed by atoms with Gasteiger partial charge in [0, 0.05) is 0 Å². The van der Waals surface area contributed by atoms with Crippen LogP contribution in [0, 0.1) is 0 Å². The molecule has 0 saturated carbocycles. The lowest BCUT2D eigenvalue weighted by Gasteiger charge is -2.28. The molecular weight excluding hydrogens is 310 g/mol. The van der Waals surface area contributed by atoms with Gasteiger partial charge in [0.25, 0.3) is 0 Å². The van der Waals surface area contributed by atoms with E-state index in [1.807, 2.05) is 0 Å². The first-order chi connectivity index (χ1) is 7.00. The molecule has 0 aromatic heterocycles. The van der Waals surface area contributed by atoms with Crippen molar-refractivity contribution < 1.29 is 52.3 Å². The van der Waals surface area contributed by atoms with Gasteiger partial charge in [-0.2, -0.15) is 43.2 Å². The van der Waals surface area contributed by atoms with Crippen LogP contribution >= 0.6 is 0 Å². The molecule has 0 aliphatic heterocycles. The average molecular weight is 312 g/mol. The highest BCUT2D eigenvalue weighted by molar-refractivity contribution is 8.05. The van der Waals surface area contributed by atoms with Gasteiger partial charge in [-0.05, 0) is 0 Å². The molecule has 14 heteroatoms. The summed E-state index contributed by atoms with van der Waals surface area (Å²) in [7, 11) is -14.3. The summed E-state index contributed by atoms with van der Waals surface area (Å²) in [6, 6.07) is 0. The summed E-state index contributed by atoms with van der Waals surface area (Å²) in [6.45, 7) is 0. The minimum absolute atomic E-state index is 6.65. The monoisotopic (exact) mass is 312 g/mol. The maximum atomic E-state index is 12.9. The smallest absolute Gasteiger partial charge is 0.282 e. The van der Waals surface area contributed by atoms with Crippen LogP contribution in [-0.2, 0) is 20.2 Å². The minimum Gasteiger partial charge on any atom is -0.282 e. The van der Waals surface area contributed by atoms with Gasteiger partial charge in [-0.25, -0.2) is 0 Å². The van der Waals surface area contributed by atoms with E-state index in [1.165, 1.54) is 0 Å². The molecule has 0 fully saturated rings. The Bertz CT molecular complexity index is 468. The van der Waals surface area contributed by atoms with Crippen molar-refractivity contribution in [3.63, 3.8) is 0 Å². The van der Waals surface area contributed by atoms with E-state index in [-0.39, 0.29) is 0 Å². The molecule has 0 bridgehead atoms. The first kappa shape index (κ1) is 16.4. The highest BCUT2D eigenvalue weighted by Crippen LogP contribution is 2.50. The van der Waals surface area contributed by atoms with E-state index in [0.717, 1.165) is 0 Å². The summed E-state index contributed by atoms with van der Waals surface area (Å²) in [5, 5.41) is 0. The Morgan fingerprint density at radius 3 is 1.00 bits per heavy atom. The maximum Gasteiger partial charge on any atom is 0.459 e. The molecule has 0 aromatic carbocycles. The molecule has 0 atom stereocenters. The van der Waals surface area contributed by atoms with E-state index < -0.39 is 36.7 Å². The molecule has 2 N–H and O–H groups in total. The van der Waals surface area contributed by atoms with Crippen LogP contribution < -0.4 is 0 Å². The lowest BCUT2D eigenvalue weighted by atomic mass is 10.3. The van der Waals surface area contributed by atoms with Gasteiger partial charge in [0.05, 0.1) is 0 Å². The lowest BCUT2D eigenvalue weighted by molar-refractivity contribution is -0.300. The molecule has 0 rings (SSSR count). The average Bonchev–Trinajstić information content (AvgIpc) is 1.95. The van der Waals surface area contributed by atoms with Gasteiger partial charge >= 0.3 is 36.7 Å². The summed E-state index contributed by atoms with van der Waals surface area (Å²) in [6.07, 6.45) is -6.99. The van der Waals surface area contributed by atoms with Crippen molar-refractivity contribution in [3.05, 3.63) is 0 Å². The molecule has 0 saturated heterocycles. The van der Waals surface area contributed by atoms with Crippen molar-refractivity contribution in [1.82, 2.24) is 0 Å². The Kier molecular flexibility index (Phi) is 3.56. The molecule has 0 unspecified atom stereocenters. The molecule has 0 aromatic rings. The van der Waals surface area contributed by atoms with E-state index in [9.17, 15) is 43.2 Å². The second-order valence-electron chi connectivity index (χ2n) is 2.56. The fourth-order valence-corrected chi connectivity index (χ4v) is 2.57. The third kappa shape index (κ3) is 2.21. The molecule has 0 aliphatic carbocycles. The van der Waals surface area contributed by atoms with Crippen LogP contribution in [0.1, 0.15) is 0 Å². The fourth-order valence-electron chi connectivity index (χ4n) is 0.626. The first-order valence-corrected chi connectivity index (χ1v) is 5.95. The molecule has 0 amide bonds. The molecule has 6 nitrogen and oxygen atoms in total. The van der Waals surface area contributed by atoms with Crippen molar-refractivity contribution in [1.29, 1.82) is 0 Å². The Hall–Kier alpha value is -0.600. The Morgan fingerprint density at radius 1 is 0.706 bits per heavy atom. The van der Waals surface area contributed by atoms with Crippen molar-refractivity contribution in [2.75, 3.05) is 0 Å². The zero-order chi connectivity index (χ0) is 14.5. The second-order valence-corrected chi connectivity index (χ2v) is 5.84. The highest BCUT2D eigenvalue weighted by atomic mass is 32.3. The lowest BCUT2D eigenvalue weighted by Crippen LogP contribution is -2.62. The molecule has 0 spiro atoms. The predicted octanol–water partition coefficient (Wildman–Crippen LogP) is 0.583. The SMILES string of the molecule is O=S(=O)(O)C(F)(C(F)(F)C(F)(F)F)S(=O)(=O)O. The zero-order valence-electron chi connectivity index (χ0n) is 7.11. The summed E-state index contributed by atoms with van der Waals surface area (Å²) < 4.78 is 122. The normalized spacial score (nSPS) is 16.0. The fraction of sp³-hybridized carbons (Fsp3) is 1.00. The molecule has 0 heterocycles. The molecule has 104 valence electrons. The summed E-state index contributed by atoms with van der Waals surface area (Å²) in [5.41, 5.74) is 0. The van der Waals surface area contributed by atoms with Crippen LogP contribution in [0.4, 0.5) is 26.3 Å². The van der Waals surface area contributed by atoms with Crippen molar-refractivity contribution >= 4 is 20.2 Å². The molecule has 0 aliphatic rings. The van der Waals surface area contributed by atoms with Crippen LogP contribution in [-0.4, -0.2) is 42.4 Å². The quantitative estimate of drug-likeness (QED) is 0.583. The van der Waals surface area contributed by atoms with Gasteiger partial charge in [-0.3, -0.25) is 9.11 Å². The van der Waals surface area contributed by atoms with Crippen LogP contribution in [0.25, 0.3) is 0 Å². The summed E-state index contributed by atoms with van der Waals surface area (Å²) >= 11 is 0. The van der Waals surface area contributed by atoms with Gasteiger partial charge in [-0.1, -0.05) is 0 Å². The van der Waals surface area contributed by atoms with E-state index in [4.69, 9.17) is 9.11 Å². The Balaban J connectivity index is 6.46. The zero-order valence-corrected chi connectivity index (χ0v) is 8.74. The largest absolute Gasteiger partial charge is 0.459 e. The van der Waals surface area contributed by atoms with Gasteiger partial charge < -0.3 is 0 Å². The van der Waals surface area contributed by atoms with E-state index in [1.54, 1.807) is 0 Å². The van der Waals surface area contributed by atoms with Crippen LogP contribution in [0.3, 0.4) is 0 Å². The number of hydrogen-bond donors (Lipinski definition) is 2. The number of hydrogen-bond acceptors (Lipinski definition) is 4. The number of rotatable bonds is 3. The molecule has 0 radical (unpaired) electrons. The van der Waals surface area contributed by atoms with Crippen LogP contribution in [0.15, 0.2) is 0 Å².